The largest absolute Gasteiger partial charge is 0.389 e. The smallest absolute Gasteiger partial charge is 0.246 e. The molecule has 0 spiro atoms. The standard InChI is InChI=1S/C15H18F3NS2/c1-9-4-5-13-11(8-10(2)21-13)14(20-3)19-12(9)6-7-15(16,17)18/h8H,4-7H2,1-3H3. The van der Waals surface area contributed by atoms with Crippen molar-refractivity contribution in [3.63, 3.8) is 0 Å². The van der Waals surface area contributed by atoms with Crippen molar-refractivity contribution >= 4 is 28.1 Å². The third-order valence-corrected chi connectivity index (χ3v) is 5.27. The minimum Gasteiger partial charge on any atom is -0.246 e. The summed E-state index contributed by atoms with van der Waals surface area (Å²) >= 11 is 3.26. The molecular weight excluding hydrogens is 315 g/mol. The van der Waals surface area contributed by atoms with Crippen LogP contribution in [0.25, 0.3) is 0 Å². The van der Waals surface area contributed by atoms with Crippen molar-refractivity contribution in [3.05, 3.63) is 32.7 Å². The monoisotopic (exact) mass is 333 g/mol. The van der Waals surface area contributed by atoms with Crippen LogP contribution in [0.2, 0.25) is 0 Å². The predicted molar refractivity (Wildman–Crippen MR) is 85.4 cm³/mol. The summed E-state index contributed by atoms with van der Waals surface area (Å²) in [7, 11) is 0. The second-order valence-electron chi connectivity index (χ2n) is 5.16. The highest BCUT2D eigenvalue weighted by Gasteiger charge is 2.28. The Kier molecular flexibility index (Phi) is 5.20. The summed E-state index contributed by atoms with van der Waals surface area (Å²) in [4.78, 5) is 7.07. The summed E-state index contributed by atoms with van der Waals surface area (Å²) < 4.78 is 37.4. The summed E-state index contributed by atoms with van der Waals surface area (Å²) in [6, 6.07) is 2.09. The van der Waals surface area contributed by atoms with Gasteiger partial charge in [-0.2, -0.15) is 13.2 Å². The first kappa shape index (κ1) is 16.6. The van der Waals surface area contributed by atoms with Gasteiger partial charge in [0, 0.05) is 27.4 Å². The molecular formula is C15H18F3NS2. The highest BCUT2D eigenvalue weighted by atomic mass is 32.2. The van der Waals surface area contributed by atoms with E-state index in [1.165, 1.54) is 21.5 Å². The summed E-state index contributed by atoms with van der Waals surface area (Å²) in [6.45, 7) is 3.96. The van der Waals surface area contributed by atoms with Crippen LogP contribution < -0.4 is 0 Å². The molecule has 21 heavy (non-hydrogen) atoms. The first-order chi connectivity index (χ1) is 9.80. The molecule has 0 aromatic carbocycles. The number of halogens is 3. The molecule has 116 valence electrons. The van der Waals surface area contributed by atoms with Gasteiger partial charge >= 0.3 is 6.18 Å². The number of alkyl halides is 3. The van der Waals surface area contributed by atoms with Crippen molar-refractivity contribution in [2.75, 3.05) is 6.26 Å². The van der Waals surface area contributed by atoms with Crippen molar-refractivity contribution in [1.29, 1.82) is 0 Å². The molecule has 1 aliphatic rings. The zero-order valence-corrected chi connectivity index (χ0v) is 13.9. The van der Waals surface area contributed by atoms with E-state index in [-0.39, 0.29) is 6.42 Å². The van der Waals surface area contributed by atoms with Crippen LogP contribution in [-0.4, -0.2) is 17.5 Å². The molecule has 6 heteroatoms. The van der Waals surface area contributed by atoms with E-state index in [9.17, 15) is 13.2 Å². The Balaban J connectivity index is 2.34. The lowest BCUT2D eigenvalue weighted by Gasteiger charge is -2.15. The van der Waals surface area contributed by atoms with Crippen molar-refractivity contribution in [2.45, 2.75) is 45.7 Å². The molecule has 1 aliphatic heterocycles. The number of fused-ring (bicyclic) bond motifs is 1. The third kappa shape index (κ3) is 4.36. The van der Waals surface area contributed by atoms with Gasteiger partial charge in [-0.15, -0.1) is 23.1 Å². The molecule has 0 unspecified atom stereocenters. The van der Waals surface area contributed by atoms with Gasteiger partial charge in [0.1, 0.15) is 5.04 Å². The quantitative estimate of drug-likeness (QED) is 0.673. The third-order valence-electron chi connectivity index (χ3n) is 3.46. The molecule has 0 atom stereocenters. The molecule has 0 fully saturated rings. The van der Waals surface area contributed by atoms with Crippen molar-refractivity contribution < 1.29 is 13.2 Å². The Morgan fingerprint density at radius 2 is 2.00 bits per heavy atom. The average Bonchev–Trinajstić information content (AvgIpc) is 2.74. The number of nitrogens with zero attached hydrogens (tertiary/aromatic N) is 1. The second kappa shape index (κ2) is 6.57. The molecule has 0 saturated carbocycles. The van der Waals surface area contributed by atoms with Crippen LogP contribution in [0.15, 0.2) is 22.3 Å². The summed E-state index contributed by atoms with van der Waals surface area (Å²) in [5.41, 5.74) is 2.68. The minimum absolute atomic E-state index is 0.0299. The van der Waals surface area contributed by atoms with Gasteiger partial charge in [0.25, 0.3) is 0 Å². The summed E-state index contributed by atoms with van der Waals surface area (Å²) in [5.74, 6) is 0. The topological polar surface area (TPSA) is 12.4 Å². The molecule has 0 N–H and O–H groups in total. The zero-order valence-electron chi connectivity index (χ0n) is 12.3. The van der Waals surface area contributed by atoms with Gasteiger partial charge in [0.15, 0.2) is 0 Å². The van der Waals surface area contributed by atoms with E-state index in [2.05, 4.69) is 18.0 Å². The molecule has 0 radical (unpaired) electrons. The Hall–Kier alpha value is -0.750. The highest BCUT2D eigenvalue weighted by molar-refractivity contribution is 8.13. The van der Waals surface area contributed by atoms with E-state index >= 15 is 0 Å². The lowest BCUT2D eigenvalue weighted by Crippen LogP contribution is -2.09. The maximum Gasteiger partial charge on any atom is 0.389 e. The molecule has 0 saturated heterocycles. The van der Waals surface area contributed by atoms with E-state index in [0.29, 0.717) is 5.70 Å². The fourth-order valence-electron chi connectivity index (χ4n) is 2.34. The molecule has 1 nitrogen and oxygen atoms in total. The van der Waals surface area contributed by atoms with Gasteiger partial charge < -0.3 is 0 Å². The summed E-state index contributed by atoms with van der Waals surface area (Å²) in [6.07, 6.45) is -1.37. The second-order valence-corrected chi connectivity index (χ2v) is 7.29. The average molecular weight is 333 g/mol. The molecule has 1 aromatic heterocycles. The van der Waals surface area contributed by atoms with Gasteiger partial charge in [-0.3, -0.25) is 0 Å². The maximum absolute atomic E-state index is 12.5. The van der Waals surface area contributed by atoms with Crippen molar-refractivity contribution in [3.8, 4) is 0 Å². The van der Waals surface area contributed by atoms with E-state index in [1.807, 2.05) is 13.2 Å². The lowest BCUT2D eigenvalue weighted by molar-refractivity contribution is -0.134. The maximum atomic E-state index is 12.5. The normalized spacial score (nSPS) is 16.4. The number of thiophene rings is 1. The van der Waals surface area contributed by atoms with Crippen molar-refractivity contribution in [1.82, 2.24) is 0 Å². The number of hydrogen-bond acceptors (Lipinski definition) is 3. The van der Waals surface area contributed by atoms with Gasteiger partial charge in [-0.25, -0.2) is 4.99 Å². The number of hydrogen-bond donors (Lipinski definition) is 0. The highest BCUT2D eigenvalue weighted by Crippen LogP contribution is 2.33. The molecule has 0 amide bonds. The molecule has 2 rings (SSSR count). The zero-order chi connectivity index (χ0) is 15.6. The number of aryl methyl sites for hydroxylation is 2. The Bertz CT molecular complexity index is 582. The van der Waals surface area contributed by atoms with Crippen LogP contribution in [0.5, 0.6) is 0 Å². The van der Waals surface area contributed by atoms with E-state index in [0.717, 1.165) is 29.0 Å². The Morgan fingerprint density at radius 3 is 2.62 bits per heavy atom. The Morgan fingerprint density at radius 1 is 1.29 bits per heavy atom. The van der Waals surface area contributed by atoms with E-state index < -0.39 is 12.6 Å². The summed E-state index contributed by atoms with van der Waals surface area (Å²) in [5, 5.41) is 0.838. The van der Waals surface area contributed by atoms with Crippen LogP contribution >= 0.6 is 23.1 Å². The van der Waals surface area contributed by atoms with Crippen molar-refractivity contribution in [2.24, 2.45) is 4.99 Å². The van der Waals surface area contributed by atoms with Gasteiger partial charge in [0.05, 0.1) is 0 Å². The number of rotatable bonds is 2. The van der Waals surface area contributed by atoms with Crippen LogP contribution in [-0.2, 0) is 6.42 Å². The van der Waals surface area contributed by atoms with Crippen LogP contribution in [0.4, 0.5) is 13.2 Å². The molecule has 0 bridgehead atoms. The van der Waals surface area contributed by atoms with Crippen LogP contribution in [0, 0.1) is 6.92 Å². The first-order valence-electron chi connectivity index (χ1n) is 6.78. The SMILES string of the molecule is CSC1=NC(CCC(F)(F)F)=C(C)CCc2sc(C)cc21. The number of thioether (sulfide) groups is 1. The van der Waals surface area contributed by atoms with Crippen LogP contribution in [0.3, 0.4) is 0 Å². The first-order valence-corrected chi connectivity index (χ1v) is 8.82. The molecule has 0 aliphatic carbocycles. The fourth-order valence-corrected chi connectivity index (χ4v) is 4.04. The Labute approximate surface area is 131 Å². The minimum atomic E-state index is -4.13. The number of aliphatic imine (C=N–C) groups is 1. The van der Waals surface area contributed by atoms with E-state index in [4.69, 9.17) is 0 Å². The lowest BCUT2D eigenvalue weighted by atomic mass is 10.0. The van der Waals surface area contributed by atoms with Gasteiger partial charge in [-0.1, -0.05) is 5.57 Å². The van der Waals surface area contributed by atoms with Gasteiger partial charge in [0.2, 0.25) is 0 Å². The fraction of sp³-hybridized carbons (Fsp3) is 0.533. The van der Waals surface area contributed by atoms with E-state index in [1.54, 1.807) is 11.3 Å². The molecule has 1 aromatic rings. The molecule has 2 heterocycles. The van der Waals surface area contributed by atoms with Gasteiger partial charge in [-0.05, 0) is 45.4 Å². The van der Waals surface area contributed by atoms with Crippen LogP contribution in [0.1, 0.15) is 41.5 Å². The number of allylic oxidation sites excluding steroid dienone is 2. The predicted octanol–water partition coefficient (Wildman–Crippen LogP) is 5.73.